The number of ketones is 1. The van der Waals surface area contributed by atoms with Gasteiger partial charge in [-0.05, 0) is 24.6 Å². The molecule has 2 aliphatic rings. The van der Waals surface area contributed by atoms with Crippen LogP contribution in [0.4, 0.5) is 0 Å². The molecule has 0 aromatic carbocycles. The number of hydrogen-bond acceptors (Lipinski definition) is 4. The molecule has 0 spiro atoms. The van der Waals surface area contributed by atoms with Gasteiger partial charge >= 0.3 is 0 Å². The van der Waals surface area contributed by atoms with E-state index in [0.29, 0.717) is 6.42 Å². The van der Waals surface area contributed by atoms with Crippen molar-refractivity contribution in [2.75, 3.05) is 5.75 Å². The summed E-state index contributed by atoms with van der Waals surface area (Å²) in [6.07, 6.45) is 3.81. The van der Waals surface area contributed by atoms with Crippen molar-refractivity contribution >= 4 is 23.9 Å². The molecule has 2 rings (SSSR count). The third-order valence-electron chi connectivity index (χ3n) is 4.86. The molecule has 0 saturated carbocycles. The van der Waals surface area contributed by atoms with E-state index in [1.165, 1.54) is 0 Å². The molecule has 0 radical (unpaired) electrons. The van der Waals surface area contributed by atoms with E-state index in [2.05, 4.69) is 33.9 Å². The molecule has 20 heavy (non-hydrogen) atoms. The standard InChI is InChI=1S/C14H24O4SSi/c1-14(2,3)20(4,5)18-11-7-6-8-12-13(11)10(15)9-19(12,16)17/h6-7,11-13H,8-9H2,1-5H3/t11-,12+,13-/m0/s1. The first-order chi connectivity index (χ1) is 8.96. The third-order valence-corrected chi connectivity index (χ3v) is 11.4. The van der Waals surface area contributed by atoms with Gasteiger partial charge in [0.15, 0.2) is 23.9 Å². The first-order valence-electron chi connectivity index (χ1n) is 7.04. The van der Waals surface area contributed by atoms with Crippen LogP contribution in [-0.4, -0.2) is 39.6 Å². The van der Waals surface area contributed by atoms with E-state index in [0.717, 1.165) is 0 Å². The Morgan fingerprint density at radius 3 is 2.45 bits per heavy atom. The van der Waals surface area contributed by atoms with E-state index in [4.69, 9.17) is 4.43 Å². The van der Waals surface area contributed by atoms with Crippen molar-refractivity contribution < 1.29 is 17.6 Å². The van der Waals surface area contributed by atoms with Crippen LogP contribution >= 0.6 is 0 Å². The van der Waals surface area contributed by atoms with Crippen molar-refractivity contribution in [2.24, 2.45) is 5.92 Å². The first-order valence-corrected chi connectivity index (χ1v) is 11.7. The fraction of sp³-hybridized carbons (Fsp3) is 0.786. The van der Waals surface area contributed by atoms with Gasteiger partial charge in [-0.1, -0.05) is 32.9 Å². The Kier molecular flexibility index (Phi) is 3.80. The highest BCUT2D eigenvalue weighted by atomic mass is 32.2. The lowest BCUT2D eigenvalue weighted by Gasteiger charge is -2.41. The number of allylic oxidation sites excluding steroid dienone is 1. The minimum Gasteiger partial charge on any atom is -0.410 e. The lowest BCUT2D eigenvalue weighted by Crippen LogP contribution is -2.48. The highest BCUT2D eigenvalue weighted by Crippen LogP contribution is 2.41. The normalized spacial score (nSPS) is 33.2. The highest BCUT2D eigenvalue weighted by molar-refractivity contribution is 7.93. The number of Topliss-reactive ketones (excluding diaryl/α,β-unsaturated/α-hetero) is 1. The predicted molar refractivity (Wildman–Crippen MR) is 81.9 cm³/mol. The van der Waals surface area contributed by atoms with Crippen molar-refractivity contribution in [1.82, 2.24) is 0 Å². The number of carbonyl (C=O) groups is 1. The Morgan fingerprint density at radius 2 is 1.90 bits per heavy atom. The third kappa shape index (κ3) is 2.65. The molecular formula is C14H24O4SSi. The Bertz CT molecular complexity index is 542. The van der Waals surface area contributed by atoms with Crippen LogP contribution in [0.5, 0.6) is 0 Å². The first kappa shape index (κ1) is 15.9. The maximum absolute atomic E-state index is 12.1. The van der Waals surface area contributed by atoms with Crippen molar-refractivity contribution in [2.45, 2.75) is 56.7 Å². The molecule has 0 unspecified atom stereocenters. The van der Waals surface area contributed by atoms with Crippen LogP contribution in [0, 0.1) is 5.92 Å². The molecule has 1 saturated heterocycles. The average Bonchev–Trinajstić information content (AvgIpc) is 2.48. The summed E-state index contributed by atoms with van der Waals surface area (Å²) in [6.45, 7) is 10.7. The minimum absolute atomic E-state index is 0.0360. The quantitative estimate of drug-likeness (QED) is 0.579. The number of fused-ring (bicyclic) bond motifs is 1. The average molecular weight is 316 g/mol. The van der Waals surface area contributed by atoms with Crippen molar-refractivity contribution in [1.29, 1.82) is 0 Å². The van der Waals surface area contributed by atoms with Gasteiger partial charge in [-0.3, -0.25) is 4.79 Å². The fourth-order valence-corrected chi connectivity index (χ4v) is 5.84. The lowest BCUT2D eigenvalue weighted by atomic mass is 9.88. The summed E-state index contributed by atoms with van der Waals surface area (Å²) < 4.78 is 30.3. The number of hydrogen-bond donors (Lipinski definition) is 0. The monoisotopic (exact) mass is 316 g/mol. The van der Waals surface area contributed by atoms with E-state index in [1.807, 2.05) is 12.2 Å². The van der Waals surface area contributed by atoms with Crippen LogP contribution in [0.15, 0.2) is 12.2 Å². The molecule has 0 N–H and O–H groups in total. The second-order valence-electron chi connectivity index (χ2n) is 7.34. The topological polar surface area (TPSA) is 60.4 Å². The Hall–Kier alpha value is -0.463. The van der Waals surface area contributed by atoms with Crippen LogP contribution in [0.25, 0.3) is 0 Å². The highest BCUT2D eigenvalue weighted by Gasteiger charge is 2.52. The van der Waals surface area contributed by atoms with E-state index in [1.54, 1.807) is 0 Å². The predicted octanol–water partition coefficient (Wildman–Crippen LogP) is 2.32. The fourth-order valence-electron chi connectivity index (χ4n) is 2.62. The zero-order valence-electron chi connectivity index (χ0n) is 12.8. The zero-order chi connectivity index (χ0) is 15.3. The van der Waals surface area contributed by atoms with Gasteiger partial charge in [0.1, 0.15) is 5.75 Å². The number of rotatable bonds is 2. The maximum Gasteiger partial charge on any atom is 0.192 e. The van der Waals surface area contributed by atoms with Crippen LogP contribution in [-0.2, 0) is 19.1 Å². The maximum atomic E-state index is 12.1. The van der Waals surface area contributed by atoms with Gasteiger partial charge in [0.25, 0.3) is 0 Å². The summed E-state index contributed by atoms with van der Waals surface area (Å²) in [4.78, 5) is 12.1. The SMILES string of the molecule is CC(C)(C)[Si](C)(C)O[C@H]1C=CC[C@@H]2[C@H]1C(=O)CS2(=O)=O. The molecule has 114 valence electrons. The molecule has 0 amide bonds. The largest absolute Gasteiger partial charge is 0.410 e. The summed E-state index contributed by atoms with van der Waals surface area (Å²) >= 11 is 0. The van der Waals surface area contributed by atoms with Gasteiger partial charge < -0.3 is 4.43 Å². The molecule has 0 bridgehead atoms. The molecular weight excluding hydrogens is 292 g/mol. The summed E-state index contributed by atoms with van der Waals surface area (Å²) in [6, 6.07) is 0. The van der Waals surface area contributed by atoms with Crippen LogP contribution in [0.3, 0.4) is 0 Å². The molecule has 0 aromatic heterocycles. The van der Waals surface area contributed by atoms with Gasteiger partial charge in [0, 0.05) is 0 Å². The van der Waals surface area contributed by atoms with Crippen LogP contribution in [0.2, 0.25) is 18.1 Å². The smallest absolute Gasteiger partial charge is 0.192 e. The summed E-state index contributed by atoms with van der Waals surface area (Å²) in [5, 5.41) is -0.538. The Morgan fingerprint density at radius 1 is 1.30 bits per heavy atom. The summed E-state index contributed by atoms with van der Waals surface area (Å²) in [5.41, 5.74) is 0. The van der Waals surface area contributed by atoms with E-state index < -0.39 is 29.3 Å². The molecule has 1 heterocycles. The lowest BCUT2D eigenvalue weighted by molar-refractivity contribution is -0.121. The van der Waals surface area contributed by atoms with Gasteiger partial charge in [-0.15, -0.1) is 0 Å². The molecule has 1 fully saturated rings. The molecule has 4 nitrogen and oxygen atoms in total. The molecule has 0 aromatic rings. The summed E-state index contributed by atoms with van der Waals surface area (Å²) in [5.74, 6) is -0.997. The van der Waals surface area contributed by atoms with Gasteiger partial charge in [-0.25, -0.2) is 8.42 Å². The van der Waals surface area contributed by atoms with Crippen molar-refractivity contribution in [3.8, 4) is 0 Å². The minimum atomic E-state index is -3.29. The van der Waals surface area contributed by atoms with Crippen molar-refractivity contribution in [3.63, 3.8) is 0 Å². The van der Waals surface area contributed by atoms with E-state index in [-0.39, 0.29) is 22.7 Å². The van der Waals surface area contributed by atoms with Gasteiger partial charge in [0.2, 0.25) is 0 Å². The second kappa shape index (κ2) is 4.78. The molecule has 6 heteroatoms. The Labute approximate surface area is 122 Å². The molecule has 1 aliphatic heterocycles. The van der Waals surface area contributed by atoms with Gasteiger partial charge in [0.05, 0.1) is 17.3 Å². The molecule has 1 aliphatic carbocycles. The van der Waals surface area contributed by atoms with E-state index in [9.17, 15) is 13.2 Å². The second-order valence-corrected chi connectivity index (χ2v) is 14.3. The van der Waals surface area contributed by atoms with Crippen LogP contribution < -0.4 is 0 Å². The van der Waals surface area contributed by atoms with Gasteiger partial charge in [-0.2, -0.15) is 0 Å². The number of sulfone groups is 1. The summed E-state index contributed by atoms with van der Waals surface area (Å²) in [7, 11) is -5.31. The number of carbonyl (C=O) groups excluding carboxylic acids is 1. The van der Waals surface area contributed by atoms with Crippen molar-refractivity contribution in [3.05, 3.63) is 12.2 Å². The van der Waals surface area contributed by atoms with E-state index >= 15 is 0 Å². The Balaban J connectivity index is 2.28. The molecule has 3 atom stereocenters. The zero-order valence-corrected chi connectivity index (χ0v) is 14.7. The van der Waals surface area contributed by atoms with Crippen LogP contribution in [0.1, 0.15) is 27.2 Å².